The van der Waals surface area contributed by atoms with Crippen molar-refractivity contribution in [2.45, 2.75) is 26.2 Å². The zero-order valence-electron chi connectivity index (χ0n) is 19.1. The lowest BCUT2D eigenvalue weighted by atomic mass is 9.88. The van der Waals surface area contributed by atoms with Crippen LogP contribution in [0.4, 0.5) is 5.00 Å². The first-order chi connectivity index (χ1) is 16.5. The number of primary amides is 1. The minimum atomic E-state index is -0.503. The lowest BCUT2D eigenvalue weighted by Crippen LogP contribution is -2.19. The van der Waals surface area contributed by atoms with Crippen LogP contribution < -0.4 is 15.8 Å². The van der Waals surface area contributed by atoms with Gasteiger partial charge in [0.15, 0.2) is 0 Å². The number of amides is 2. The fourth-order valence-corrected chi connectivity index (χ4v) is 6.04. The number of carbonyl (C=O) groups excluding carboxylic acids is 2. The quantitative estimate of drug-likeness (QED) is 0.405. The van der Waals surface area contributed by atoms with E-state index in [-0.39, 0.29) is 5.91 Å². The lowest BCUT2D eigenvalue weighted by molar-refractivity contribution is 0.1000. The number of nitrogens with two attached hydrogens (primary N) is 1. The Kier molecular flexibility index (Phi) is 5.79. The summed E-state index contributed by atoms with van der Waals surface area (Å²) in [5.74, 6) is 0.413. The van der Waals surface area contributed by atoms with Crippen molar-refractivity contribution < 1.29 is 14.3 Å². The molecule has 172 valence electrons. The van der Waals surface area contributed by atoms with Crippen LogP contribution in [-0.4, -0.2) is 23.9 Å². The van der Waals surface area contributed by atoms with Gasteiger partial charge in [-0.1, -0.05) is 37.3 Å². The second kappa shape index (κ2) is 8.91. The Morgan fingerprint density at radius 3 is 2.71 bits per heavy atom. The summed E-state index contributed by atoms with van der Waals surface area (Å²) in [6.45, 7) is 2.20. The van der Waals surface area contributed by atoms with Crippen molar-refractivity contribution in [3.8, 4) is 17.0 Å². The number of nitrogens with zero attached hydrogens (tertiary/aromatic N) is 1. The highest BCUT2D eigenvalue weighted by Crippen LogP contribution is 2.40. The molecule has 0 spiro atoms. The van der Waals surface area contributed by atoms with Crippen molar-refractivity contribution in [3.05, 3.63) is 76.2 Å². The van der Waals surface area contributed by atoms with E-state index >= 15 is 0 Å². The minimum Gasteiger partial charge on any atom is -0.496 e. The number of pyridine rings is 1. The van der Waals surface area contributed by atoms with Crippen LogP contribution in [-0.2, 0) is 12.8 Å². The maximum absolute atomic E-state index is 13.6. The number of carbonyl (C=O) groups is 2. The van der Waals surface area contributed by atoms with Gasteiger partial charge in [0.1, 0.15) is 10.8 Å². The lowest BCUT2D eigenvalue weighted by Gasteiger charge is -2.18. The molecule has 34 heavy (non-hydrogen) atoms. The Morgan fingerprint density at radius 2 is 1.91 bits per heavy atom. The molecule has 3 N–H and O–H groups in total. The fourth-order valence-electron chi connectivity index (χ4n) is 4.63. The molecule has 5 rings (SSSR count). The van der Waals surface area contributed by atoms with Crippen molar-refractivity contribution in [2.75, 3.05) is 12.4 Å². The molecule has 0 bridgehead atoms. The Hall–Kier alpha value is -3.71. The van der Waals surface area contributed by atoms with Gasteiger partial charge in [0.2, 0.25) is 0 Å². The number of nitrogens with one attached hydrogen (secondary N) is 1. The molecule has 7 heteroatoms. The second-order valence-electron chi connectivity index (χ2n) is 8.65. The number of aromatic nitrogens is 1. The van der Waals surface area contributed by atoms with Gasteiger partial charge in [-0.3, -0.25) is 9.59 Å². The van der Waals surface area contributed by atoms with Crippen LogP contribution in [0.25, 0.3) is 22.2 Å². The Bertz CT molecular complexity index is 1430. The molecule has 0 saturated heterocycles. The smallest absolute Gasteiger partial charge is 0.257 e. The SMILES string of the molecule is COc1ccccc1-c1cc(C(=O)Nc2sc3c(c2C(N)=O)CC[C@@H](C)C3)c2ccccc2n1. The van der Waals surface area contributed by atoms with Crippen molar-refractivity contribution in [3.63, 3.8) is 0 Å². The molecule has 2 aromatic heterocycles. The number of hydrogen-bond donors (Lipinski definition) is 2. The van der Waals surface area contributed by atoms with Crippen LogP contribution in [0.1, 0.15) is 44.5 Å². The van der Waals surface area contributed by atoms with Crippen LogP contribution in [0, 0.1) is 5.92 Å². The molecule has 1 atom stereocenters. The average molecular weight is 472 g/mol. The molecule has 6 nitrogen and oxygen atoms in total. The Morgan fingerprint density at radius 1 is 1.15 bits per heavy atom. The van der Waals surface area contributed by atoms with E-state index in [1.807, 2.05) is 48.5 Å². The third-order valence-corrected chi connectivity index (χ3v) is 7.50. The zero-order chi connectivity index (χ0) is 23.8. The topological polar surface area (TPSA) is 94.3 Å². The highest BCUT2D eigenvalue weighted by atomic mass is 32.1. The number of fused-ring (bicyclic) bond motifs is 2. The molecule has 1 aliphatic rings. The molecule has 2 heterocycles. The van der Waals surface area contributed by atoms with Crippen molar-refractivity contribution in [1.82, 2.24) is 4.98 Å². The number of thiophene rings is 1. The number of para-hydroxylation sites is 2. The van der Waals surface area contributed by atoms with Crippen molar-refractivity contribution >= 4 is 39.1 Å². The predicted octanol–water partition coefficient (Wildman–Crippen LogP) is 5.45. The summed E-state index contributed by atoms with van der Waals surface area (Å²) >= 11 is 1.46. The Labute approximate surface area is 201 Å². The normalized spacial score (nSPS) is 15.1. The van der Waals surface area contributed by atoms with Gasteiger partial charge in [-0.15, -0.1) is 11.3 Å². The van der Waals surface area contributed by atoms with Gasteiger partial charge >= 0.3 is 0 Å². The number of rotatable bonds is 5. The van der Waals surface area contributed by atoms with Crippen molar-refractivity contribution in [2.24, 2.45) is 11.7 Å². The molecule has 0 aliphatic heterocycles. The summed E-state index contributed by atoms with van der Waals surface area (Å²) in [5, 5.41) is 4.25. The standard InChI is InChI=1S/C27H25N3O3S/c1-15-11-12-18-23(13-15)34-27(24(18)25(28)31)30-26(32)19-14-21(17-8-4-6-10-22(17)33-2)29-20-9-5-3-7-16(19)20/h3-10,14-15H,11-13H2,1-2H3,(H2,28,31)(H,30,32)/t15-/m1/s1. The fraction of sp³-hybridized carbons (Fsp3) is 0.222. The van der Waals surface area contributed by atoms with E-state index in [1.165, 1.54) is 11.3 Å². The van der Waals surface area contributed by atoms with Crippen LogP contribution >= 0.6 is 11.3 Å². The number of methoxy groups -OCH3 is 1. The van der Waals surface area contributed by atoms with E-state index in [0.29, 0.717) is 39.0 Å². The van der Waals surface area contributed by atoms with E-state index in [1.54, 1.807) is 13.2 Å². The summed E-state index contributed by atoms with van der Waals surface area (Å²) in [5.41, 5.74) is 9.78. The van der Waals surface area contributed by atoms with Crippen LogP contribution in [0.5, 0.6) is 5.75 Å². The summed E-state index contributed by atoms with van der Waals surface area (Å²) in [6, 6.07) is 16.9. The molecular formula is C27H25N3O3S. The van der Waals surface area contributed by atoms with Gasteiger partial charge in [0, 0.05) is 15.8 Å². The minimum absolute atomic E-state index is 0.302. The maximum atomic E-state index is 13.6. The first kappa shape index (κ1) is 22.1. The second-order valence-corrected chi connectivity index (χ2v) is 9.75. The Balaban J connectivity index is 1.60. The number of anilines is 1. The molecule has 1 aliphatic carbocycles. The largest absolute Gasteiger partial charge is 0.496 e. The van der Waals surface area contributed by atoms with E-state index < -0.39 is 5.91 Å². The van der Waals surface area contributed by atoms with Gasteiger partial charge in [-0.25, -0.2) is 4.98 Å². The monoisotopic (exact) mass is 471 g/mol. The van der Waals surface area contributed by atoms with Gasteiger partial charge in [0.05, 0.1) is 29.4 Å². The number of ether oxygens (including phenoxy) is 1. The van der Waals surface area contributed by atoms with Gasteiger partial charge < -0.3 is 15.8 Å². The number of hydrogen-bond acceptors (Lipinski definition) is 5. The molecule has 0 radical (unpaired) electrons. The first-order valence-corrected chi connectivity index (χ1v) is 12.1. The van der Waals surface area contributed by atoms with Crippen molar-refractivity contribution in [1.29, 1.82) is 0 Å². The van der Waals surface area contributed by atoms with Gasteiger partial charge in [-0.05, 0) is 55.0 Å². The molecule has 2 amide bonds. The van der Waals surface area contributed by atoms with Crippen LogP contribution in [0.15, 0.2) is 54.6 Å². The molecule has 0 unspecified atom stereocenters. The van der Waals surface area contributed by atoms with E-state index in [9.17, 15) is 9.59 Å². The van der Waals surface area contributed by atoms with E-state index in [2.05, 4.69) is 12.2 Å². The zero-order valence-corrected chi connectivity index (χ0v) is 19.9. The molecule has 4 aromatic rings. The summed E-state index contributed by atoms with van der Waals surface area (Å²) in [6.07, 6.45) is 2.71. The summed E-state index contributed by atoms with van der Waals surface area (Å²) < 4.78 is 5.51. The van der Waals surface area contributed by atoms with Gasteiger partial charge in [-0.2, -0.15) is 0 Å². The van der Waals surface area contributed by atoms with E-state index in [4.69, 9.17) is 15.5 Å². The highest BCUT2D eigenvalue weighted by Gasteiger charge is 2.28. The van der Waals surface area contributed by atoms with Crippen LogP contribution in [0.2, 0.25) is 0 Å². The summed E-state index contributed by atoms with van der Waals surface area (Å²) in [4.78, 5) is 31.8. The molecule has 0 saturated carbocycles. The third kappa shape index (κ3) is 3.92. The first-order valence-electron chi connectivity index (χ1n) is 11.2. The van der Waals surface area contributed by atoms with E-state index in [0.717, 1.165) is 40.7 Å². The predicted molar refractivity (Wildman–Crippen MR) is 136 cm³/mol. The summed E-state index contributed by atoms with van der Waals surface area (Å²) in [7, 11) is 1.61. The molecule has 0 fully saturated rings. The molecular weight excluding hydrogens is 446 g/mol. The average Bonchev–Trinajstić information content (AvgIpc) is 3.20. The maximum Gasteiger partial charge on any atom is 0.257 e. The highest BCUT2D eigenvalue weighted by molar-refractivity contribution is 7.17. The third-order valence-electron chi connectivity index (χ3n) is 6.33. The number of benzene rings is 2. The van der Waals surface area contributed by atoms with Crippen LogP contribution in [0.3, 0.4) is 0 Å². The van der Waals surface area contributed by atoms with Gasteiger partial charge in [0.25, 0.3) is 11.8 Å². The molecule has 2 aromatic carbocycles.